The first-order valence-corrected chi connectivity index (χ1v) is 10.2. The molecule has 3 rings (SSSR count). The van der Waals surface area contributed by atoms with Gasteiger partial charge in [0.15, 0.2) is 0 Å². The van der Waals surface area contributed by atoms with Crippen molar-refractivity contribution in [2.75, 3.05) is 46.3 Å². The molecule has 3 heterocycles. The van der Waals surface area contributed by atoms with Gasteiger partial charge >= 0.3 is 0 Å². The maximum absolute atomic E-state index is 13.2. The van der Waals surface area contributed by atoms with Gasteiger partial charge in [0.1, 0.15) is 6.33 Å². The van der Waals surface area contributed by atoms with Crippen LogP contribution in [0.15, 0.2) is 12.5 Å². The smallest absolute Gasteiger partial charge is 0.257 e. The first kappa shape index (κ1) is 19.2. The second-order valence-corrected chi connectivity index (χ2v) is 7.71. The molecule has 2 saturated heterocycles. The normalized spacial score (nSPS) is 22.5. The van der Waals surface area contributed by atoms with Gasteiger partial charge in [0.05, 0.1) is 11.3 Å². The zero-order chi connectivity index (χ0) is 18.4. The van der Waals surface area contributed by atoms with Crippen LogP contribution in [0.25, 0.3) is 0 Å². The predicted molar refractivity (Wildman–Crippen MR) is 103 cm³/mol. The van der Waals surface area contributed by atoms with Crippen LogP contribution < -0.4 is 0 Å². The first-order valence-electron chi connectivity index (χ1n) is 10.2. The van der Waals surface area contributed by atoms with Gasteiger partial charge in [-0.3, -0.25) is 4.79 Å². The quantitative estimate of drug-likeness (QED) is 0.778. The molecule has 0 aromatic carbocycles. The topological polar surface area (TPSA) is 52.6 Å². The molecule has 144 valence electrons. The van der Waals surface area contributed by atoms with Crippen molar-refractivity contribution in [3.63, 3.8) is 0 Å². The number of amides is 1. The Labute approximate surface area is 157 Å². The monoisotopic (exact) mass is 359 g/mol. The molecule has 2 aliphatic heterocycles. The Morgan fingerprint density at radius 3 is 2.77 bits per heavy atom. The van der Waals surface area contributed by atoms with Crippen molar-refractivity contribution in [3.05, 3.63) is 23.8 Å². The number of hydrogen-bond donors (Lipinski definition) is 0. The Hall–Kier alpha value is -1.53. The predicted octanol–water partition coefficient (Wildman–Crippen LogP) is 2.06. The van der Waals surface area contributed by atoms with Crippen molar-refractivity contribution in [3.8, 4) is 0 Å². The van der Waals surface area contributed by atoms with Crippen molar-refractivity contribution in [2.45, 2.75) is 51.5 Å². The zero-order valence-electron chi connectivity index (χ0n) is 16.4. The van der Waals surface area contributed by atoms with Gasteiger partial charge in [-0.25, -0.2) is 9.97 Å². The van der Waals surface area contributed by atoms with E-state index >= 15 is 0 Å². The van der Waals surface area contributed by atoms with Gasteiger partial charge in [-0.05, 0) is 39.2 Å². The van der Waals surface area contributed by atoms with E-state index in [1.165, 1.54) is 6.42 Å². The molecule has 1 unspecified atom stereocenters. The summed E-state index contributed by atoms with van der Waals surface area (Å²) in [7, 11) is 2.19. The number of rotatable bonds is 6. The lowest BCUT2D eigenvalue weighted by molar-refractivity contribution is 0.0567. The number of likely N-dealkylation sites (N-methyl/N-ethyl adjacent to an activating group) is 1. The highest BCUT2D eigenvalue weighted by molar-refractivity contribution is 5.95. The number of nitrogens with zero attached hydrogens (tertiary/aromatic N) is 5. The molecule has 1 atom stereocenters. The summed E-state index contributed by atoms with van der Waals surface area (Å²) in [5.74, 6) is 0.136. The highest BCUT2D eigenvalue weighted by Crippen LogP contribution is 2.23. The number of piperidine rings is 1. The molecule has 0 aliphatic carbocycles. The Bertz CT molecular complexity index is 585. The van der Waals surface area contributed by atoms with Crippen molar-refractivity contribution in [2.24, 2.45) is 0 Å². The van der Waals surface area contributed by atoms with Crippen molar-refractivity contribution in [1.82, 2.24) is 24.7 Å². The van der Waals surface area contributed by atoms with Crippen LogP contribution in [0.4, 0.5) is 0 Å². The lowest BCUT2D eigenvalue weighted by Crippen LogP contribution is -2.48. The molecule has 0 saturated carbocycles. The first-order chi connectivity index (χ1) is 12.7. The van der Waals surface area contributed by atoms with Gasteiger partial charge in [0.25, 0.3) is 5.91 Å². The van der Waals surface area contributed by atoms with E-state index < -0.39 is 0 Å². The molecule has 2 aliphatic rings. The van der Waals surface area contributed by atoms with E-state index in [4.69, 9.17) is 0 Å². The maximum Gasteiger partial charge on any atom is 0.257 e. The third-order valence-electron chi connectivity index (χ3n) is 5.77. The van der Waals surface area contributed by atoms with Gasteiger partial charge in [0.2, 0.25) is 0 Å². The standard InChI is InChI=1S/C20H33N5O/c1-3-6-19-18(15-21-16-22-19)20(26)25-9-5-4-7-17(25)8-10-24-13-11-23(2)12-14-24/h15-17H,3-14H2,1-2H3. The Kier molecular flexibility index (Phi) is 6.97. The fraction of sp³-hybridized carbons (Fsp3) is 0.750. The average Bonchev–Trinajstić information content (AvgIpc) is 2.68. The SMILES string of the molecule is CCCc1ncncc1C(=O)N1CCCCC1CCN1CCN(C)CC1. The van der Waals surface area contributed by atoms with Crippen LogP contribution in [-0.2, 0) is 6.42 Å². The van der Waals surface area contributed by atoms with E-state index in [0.29, 0.717) is 11.6 Å². The van der Waals surface area contributed by atoms with Crippen LogP contribution in [0, 0.1) is 0 Å². The van der Waals surface area contributed by atoms with Gasteiger partial charge in [-0.2, -0.15) is 0 Å². The van der Waals surface area contributed by atoms with Crippen LogP contribution in [0.2, 0.25) is 0 Å². The highest BCUT2D eigenvalue weighted by atomic mass is 16.2. The molecule has 0 N–H and O–H groups in total. The molecule has 0 spiro atoms. The number of aromatic nitrogens is 2. The molecular formula is C20H33N5O. The zero-order valence-corrected chi connectivity index (χ0v) is 16.4. The molecule has 6 heteroatoms. The molecule has 0 radical (unpaired) electrons. The molecule has 26 heavy (non-hydrogen) atoms. The van der Waals surface area contributed by atoms with E-state index in [0.717, 1.165) is 77.1 Å². The molecule has 1 amide bonds. The largest absolute Gasteiger partial charge is 0.336 e. The van der Waals surface area contributed by atoms with Crippen molar-refractivity contribution < 1.29 is 4.79 Å². The van der Waals surface area contributed by atoms with Gasteiger partial charge in [-0.15, -0.1) is 0 Å². The molecule has 1 aromatic rings. The lowest BCUT2D eigenvalue weighted by atomic mass is 9.97. The van der Waals surface area contributed by atoms with Crippen molar-refractivity contribution >= 4 is 5.91 Å². The number of piperazine rings is 1. The van der Waals surface area contributed by atoms with Gasteiger partial charge in [-0.1, -0.05) is 13.3 Å². The number of hydrogen-bond acceptors (Lipinski definition) is 5. The summed E-state index contributed by atoms with van der Waals surface area (Å²) in [5, 5.41) is 0. The molecule has 0 bridgehead atoms. The van der Waals surface area contributed by atoms with E-state index in [2.05, 4.69) is 38.6 Å². The second kappa shape index (κ2) is 9.42. The summed E-state index contributed by atoms with van der Waals surface area (Å²) in [5.41, 5.74) is 1.61. The summed E-state index contributed by atoms with van der Waals surface area (Å²) >= 11 is 0. The Morgan fingerprint density at radius 1 is 1.19 bits per heavy atom. The molecule has 1 aromatic heterocycles. The minimum absolute atomic E-state index is 0.136. The average molecular weight is 360 g/mol. The fourth-order valence-corrected chi connectivity index (χ4v) is 4.10. The lowest BCUT2D eigenvalue weighted by Gasteiger charge is -2.38. The van der Waals surface area contributed by atoms with Crippen LogP contribution in [0.1, 0.15) is 55.1 Å². The minimum atomic E-state index is 0.136. The second-order valence-electron chi connectivity index (χ2n) is 7.71. The van der Waals surface area contributed by atoms with E-state index in [9.17, 15) is 4.79 Å². The minimum Gasteiger partial charge on any atom is -0.336 e. The van der Waals surface area contributed by atoms with Crippen LogP contribution >= 0.6 is 0 Å². The third-order valence-corrected chi connectivity index (χ3v) is 5.77. The summed E-state index contributed by atoms with van der Waals surface area (Å²) in [6.07, 6.45) is 9.63. The third kappa shape index (κ3) is 4.80. The van der Waals surface area contributed by atoms with E-state index in [-0.39, 0.29) is 5.91 Å². The van der Waals surface area contributed by atoms with E-state index in [1.54, 1.807) is 12.5 Å². The molecule has 6 nitrogen and oxygen atoms in total. The number of aryl methyl sites for hydroxylation is 1. The molecular weight excluding hydrogens is 326 g/mol. The maximum atomic E-state index is 13.2. The van der Waals surface area contributed by atoms with Crippen molar-refractivity contribution in [1.29, 1.82) is 0 Å². The Balaban J connectivity index is 1.64. The molecule has 2 fully saturated rings. The van der Waals surface area contributed by atoms with Gasteiger partial charge in [0, 0.05) is 51.5 Å². The number of carbonyl (C=O) groups excluding carboxylic acids is 1. The number of likely N-dealkylation sites (tertiary alicyclic amines) is 1. The van der Waals surface area contributed by atoms with Crippen LogP contribution in [-0.4, -0.2) is 82.9 Å². The van der Waals surface area contributed by atoms with Crippen LogP contribution in [0.3, 0.4) is 0 Å². The fourth-order valence-electron chi connectivity index (χ4n) is 4.10. The number of carbonyl (C=O) groups is 1. The van der Waals surface area contributed by atoms with Gasteiger partial charge < -0.3 is 14.7 Å². The summed E-state index contributed by atoms with van der Waals surface area (Å²) in [6.45, 7) is 8.66. The summed E-state index contributed by atoms with van der Waals surface area (Å²) in [6, 6.07) is 0.352. The van der Waals surface area contributed by atoms with Crippen LogP contribution in [0.5, 0.6) is 0 Å². The Morgan fingerprint density at radius 2 is 2.00 bits per heavy atom. The summed E-state index contributed by atoms with van der Waals surface area (Å²) in [4.78, 5) is 28.8. The summed E-state index contributed by atoms with van der Waals surface area (Å²) < 4.78 is 0. The highest BCUT2D eigenvalue weighted by Gasteiger charge is 2.29. The van der Waals surface area contributed by atoms with E-state index in [1.807, 2.05) is 0 Å².